The van der Waals surface area contributed by atoms with Crippen molar-refractivity contribution in [2.45, 2.75) is 30.9 Å². The van der Waals surface area contributed by atoms with Gasteiger partial charge in [0.2, 0.25) is 5.91 Å². The molecule has 0 heterocycles. The first-order valence-electron chi connectivity index (χ1n) is 7.71. The zero-order valence-electron chi connectivity index (χ0n) is 14.7. The van der Waals surface area contributed by atoms with E-state index in [1.165, 1.54) is 17.3 Å². The Kier molecular flexibility index (Phi) is 6.15. The summed E-state index contributed by atoms with van der Waals surface area (Å²) in [6.07, 6.45) is 0. The van der Waals surface area contributed by atoms with Gasteiger partial charge < -0.3 is 14.8 Å². The second kappa shape index (κ2) is 8.11. The van der Waals surface area contributed by atoms with Crippen LogP contribution in [0, 0.1) is 13.8 Å². The third-order valence-corrected chi connectivity index (χ3v) is 4.77. The van der Waals surface area contributed by atoms with Crippen LogP contribution in [-0.2, 0) is 4.79 Å². The van der Waals surface area contributed by atoms with Crippen molar-refractivity contribution in [2.75, 3.05) is 19.5 Å². The summed E-state index contributed by atoms with van der Waals surface area (Å²) in [5.41, 5.74) is 3.09. The van der Waals surface area contributed by atoms with E-state index in [1.807, 2.05) is 51.1 Å². The van der Waals surface area contributed by atoms with Crippen molar-refractivity contribution in [3.8, 4) is 11.5 Å². The summed E-state index contributed by atoms with van der Waals surface area (Å²) in [7, 11) is 3.20. The minimum atomic E-state index is -0.233. The number of ether oxygens (including phenoxy) is 2. The van der Waals surface area contributed by atoms with Crippen LogP contribution in [0.4, 0.5) is 5.69 Å². The summed E-state index contributed by atoms with van der Waals surface area (Å²) in [5.74, 6) is 1.31. The van der Waals surface area contributed by atoms with Crippen LogP contribution in [0.3, 0.4) is 0 Å². The largest absolute Gasteiger partial charge is 0.493 e. The topological polar surface area (TPSA) is 47.6 Å². The fourth-order valence-corrected chi connectivity index (χ4v) is 3.23. The van der Waals surface area contributed by atoms with Crippen LogP contribution in [0.2, 0.25) is 0 Å². The number of amides is 1. The maximum Gasteiger partial charge on any atom is 0.237 e. The van der Waals surface area contributed by atoms with Crippen molar-refractivity contribution in [2.24, 2.45) is 0 Å². The molecule has 0 unspecified atom stereocenters. The predicted octanol–water partition coefficient (Wildman–Crippen LogP) is 4.44. The van der Waals surface area contributed by atoms with Gasteiger partial charge in [-0.15, -0.1) is 11.8 Å². The highest BCUT2D eigenvalue weighted by Gasteiger charge is 2.16. The second-order valence-electron chi connectivity index (χ2n) is 5.58. The van der Waals surface area contributed by atoms with Gasteiger partial charge in [0.25, 0.3) is 0 Å². The maximum absolute atomic E-state index is 12.4. The summed E-state index contributed by atoms with van der Waals surface area (Å²) < 4.78 is 10.5. The molecule has 1 atom stereocenters. The quantitative estimate of drug-likeness (QED) is 0.786. The van der Waals surface area contributed by atoms with Crippen LogP contribution in [0.5, 0.6) is 11.5 Å². The zero-order valence-corrected chi connectivity index (χ0v) is 15.5. The molecule has 2 rings (SSSR count). The van der Waals surface area contributed by atoms with Gasteiger partial charge >= 0.3 is 0 Å². The monoisotopic (exact) mass is 345 g/mol. The Morgan fingerprint density at radius 1 is 1.04 bits per heavy atom. The Hall–Kier alpha value is -2.14. The van der Waals surface area contributed by atoms with E-state index in [2.05, 4.69) is 11.4 Å². The van der Waals surface area contributed by atoms with Crippen molar-refractivity contribution in [3.05, 3.63) is 47.5 Å². The van der Waals surface area contributed by atoms with Crippen LogP contribution >= 0.6 is 11.8 Å². The third-order valence-electron chi connectivity index (χ3n) is 3.68. The summed E-state index contributed by atoms with van der Waals surface area (Å²) >= 11 is 1.48. The normalized spacial score (nSPS) is 11.7. The van der Waals surface area contributed by atoms with Gasteiger partial charge in [0.15, 0.2) is 11.5 Å². The number of carbonyl (C=O) groups excluding carboxylic acids is 1. The lowest BCUT2D eigenvalue weighted by Crippen LogP contribution is -2.22. The van der Waals surface area contributed by atoms with E-state index in [0.717, 1.165) is 16.1 Å². The molecule has 0 bridgehead atoms. The lowest BCUT2D eigenvalue weighted by atomic mass is 10.1. The highest BCUT2D eigenvalue weighted by Crippen LogP contribution is 2.33. The summed E-state index contributed by atoms with van der Waals surface area (Å²) in [5, 5.41) is 2.76. The van der Waals surface area contributed by atoms with Gasteiger partial charge in [-0.25, -0.2) is 0 Å². The number of hydrogen-bond donors (Lipinski definition) is 1. The number of nitrogens with one attached hydrogen (secondary N) is 1. The van der Waals surface area contributed by atoms with E-state index in [0.29, 0.717) is 11.5 Å². The SMILES string of the molecule is COc1ccc(S[C@@H](C)C(=O)Nc2ccc(C)cc2C)cc1OC. The van der Waals surface area contributed by atoms with Gasteiger partial charge in [-0.3, -0.25) is 4.79 Å². The molecule has 2 aromatic rings. The number of anilines is 1. The molecule has 5 heteroatoms. The molecule has 128 valence electrons. The third kappa shape index (κ3) is 4.45. The lowest BCUT2D eigenvalue weighted by molar-refractivity contribution is -0.115. The van der Waals surface area contributed by atoms with Crippen molar-refractivity contribution in [1.82, 2.24) is 0 Å². The standard InChI is InChI=1S/C19H23NO3S/c1-12-6-8-16(13(2)10-12)20-19(21)14(3)24-15-7-9-17(22-4)18(11-15)23-5/h6-11,14H,1-5H3,(H,20,21)/t14-/m0/s1. The Labute approximate surface area is 147 Å². The molecular weight excluding hydrogens is 322 g/mol. The molecule has 0 aliphatic carbocycles. The number of carbonyl (C=O) groups is 1. The van der Waals surface area contributed by atoms with E-state index in [-0.39, 0.29) is 11.2 Å². The zero-order chi connectivity index (χ0) is 17.7. The molecule has 24 heavy (non-hydrogen) atoms. The number of aryl methyl sites for hydroxylation is 2. The average molecular weight is 345 g/mol. The summed E-state index contributed by atoms with van der Waals surface area (Å²) in [4.78, 5) is 13.4. The summed E-state index contributed by atoms with van der Waals surface area (Å²) in [6, 6.07) is 11.6. The van der Waals surface area contributed by atoms with E-state index in [9.17, 15) is 4.79 Å². The molecule has 0 aliphatic rings. The molecule has 0 saturated carbocycles. The van der Waals surface area contributed by atoms with Gasteiger partial charge in [-0.2, -0.15) is 0 Å². The lowest BCUT2D eigenvalue weighted by Gasteiger charge is -2.15. The predicted molar refractivity (Wildman–Crippen MR) is 99.4 cm³/mol. The first-order chi connectivity index (χ1) is 11.4. The van der Waals surface area contributed by atoms with Crippen LogP contribution in [0.1, 0.15) is 18.1 Å². The van der Waals surface area contributed by atoms with Crippen molar-refractivity contribution < 1.29 is 14.3 Å². The van der Waals surface area contributed by atoms with Gasteiger partial charge in [-0.05, 0) is 50.6 Å². The molecule has 0 spiro atoms. The fourth-order valence-electron chi connectivity index (χ4n) is 2.34. The Balaban J connectivity index is 2.06. The molecule has 1 amide bonds. The highest BCUT2D eigenvalue weighted by atomic mass is 32.2. The molecule has 1 N–H and O–H groups in total. The smallest absolute Gasteiger partial charge is 0.237 e. The van der Waals surface area contributed by atoms with E-state index in [1.54, 1.807) is 14.2 Å². The van der Waals surface area contributed by atoms with Crippen LogP contribution < -0.4 is 14.8 Å². The average Bonchev–Trinajstić information content (AvgIpc) is 2.57. The number of hydrogen-bond acceptors (Lipinski definition) is 4. The molecule has 0 radical (unpaired) electrons. The molecule has 0 aliphatic heterocycles. The Morgan fingerprint density at radius 2 is 1.75 bits per heavy atom. The van der Waals surface area contributed by atoms with Crippen LogP contribution in [0.15, 0.2) is 41.3 Å². The minimum absolute atomic E-state index is 0.0262. The van der Waals surface area contributed by atoms with Gasteiger partial charge in [-0.1, -0.05) is 17.7 Å². The molecule has 0 fully saturated rings. The molecule has 4 nitrogen and oxygen atoms in total. The van der Waals surface area contributed by atoms with E-state index >= 15 is 0 Å². The van der Waals surface area contributed by atoms with Crippen LogP contribution in [-0.4, -0.2) is 25.4 Å². The summed E-state index contributed by atoms with van der Waals surface area (Å²) in [6.45, 7) is 5.92. The Morgan fingerprint density at radius 3 is 2.38 bits per heavy atom. The van der Waals surface area contributed by atoms with Gasteiger partial charge in [0, 0.05) is 10.6 Å². The van der Waals surface area contributed by atoms with Crippen molar-refractivity contribution in [3.63, 3.8) is 0 Å². The molecule has 0 saturated heterocycles. The first-order valence-corrected chi connectivity index (χ1v) is 8.59. The maximum atomic E-state index is 12.4. The minimum Gasteiger partial charge on any atom is -0.493 e. The van der Waals surface area contributed by atoms with Gasteiger partial charge in [0.05, 0.1) is 19.5 Å². The highest BCUT2D eigenvalue weighted by molar-refractivity contribution is 8.00. The van der Waals surface area contributed by atoms with Gasteiger partial charge in [0.1, 0.15) is 0 Å². The second-order valence-corrected chi connectivity index (χ2v) is 7.00. The van der Waals surface area contributed by atoms with E-state index in [4.69, 9.17) is 9.47 Å². The Bertz CT molecular complexity index is 731. The first kappa shape index (κ1) is 18.2. The van der Waals surface area contributed by atoms with E-state index < -0.39 is 0 Å². The number of methoxy groups -OCH3 is 2. The molecule has 2 aromatic carbocycles. The number of benzene rings is 2. The van der Waals surface area contributed by atoms with Crippen molar-refractivity contribution >= 4 is 23.4 Å². The van der Waals surface area contributed by atoms with Crippen molar-refractivity contribution in [1.29, 1.82) is 0 Å². The molecular formula is C19H23NO3S. The molecule has 0 aromatic heterocycles. The van der Waals surface area contributed by atoms with Crippen LogP contribution in [0.25, 0.3) is 0 Å². The number of rotatable bonds is 6. The fraction of sp³-hybridized carbons (Fsp3) is 0.316. The number of thioether (sulfide) groups is 1.